The molecule has 0 spiro atoms. The first-order chi connectivity index (χ1) is 8.83. The monoisotopic (exact) mass is 236 g/mol. The first-order valence-corrected chi connectivity index (χ1v) is 6.52. The summed E-state index contributed by atoms with van der Waals surface area (Å²) < 4.78 is 0. The van der Waals surface area contributed by atoms with Gasteiger partial charge in [-0.25, -0.2) is 0 Å². The second-order valence-electron chi connectivity index (χ2n) is 4.20. The van der Waals surface area contributed by atoms with Crippen LogP contribution in [0.15, 0.2) is 36.4 Å². The average Bonchev–Trinajstić information content (AvgIpc) is 2.39. The zero-order chi connectivity index (χ0) is 13.1. The fraction of sp³-hybridized carbons (Fsp3) is 0.333. The Kier molecular flexibility index (Phi) is 7.19. The van der Waals surface area contributed by atoms with Crippen LogP contribution in [0.4, 0.5) is 0 Å². The molecule has 0 heteroatoms. The molecule has 92 valence electrons. The molecule has 0 saturated carbocycles. The van der Waals surface area contributed by atoms with Crippen molar-refractivity contribution in [2.24, 2.45) is 0 Å². The number of rotatable bonds is 3. The molecule has 0 aliphatic carbocycles. The second-order valence-corrected chi connectivity index (χ2v) is 4.20. The fourth-order valence-electron chi connectivity index (χ4n) is 1.36. The highest BCUT2D eigenvalue weighted by molar-refractivity contribution is 5.36. The van der Waals surface area contributed by atoms with Crippen molar-refractivity contribution in [3.05, 3.63) is 47.5 Å². The summed E-state index contributed by atoms with van der Waals surface area (Å²) in [6.45, 7) is 4.26. The summed E-state index contributed by atoms with van der Waals surface area (Å²) in [5, 5.41) is 0. The standard InChI is InChI=1S/C18H20/c1-3-4-5-6-7-8-9-10-11-12-18-15-13-17(2)14-16-18/h8-9,13-16H,3-5,10H2,1-2H3/b9-8-. The van der Waals surface area contributed by atoms with E-state index >= 15 is 0 Å². The summed E-state index contributed by atoms with van der Waals surface area (Å²) in [5.74, 6) is 12.4. The van der Waals surface area contributed by atoms with E-state index in [2.05, 4.69) is 61.8 Å². The summed E-state index contributed by atoms with van der Waals surface area (Å²) in [6.07, 6.45) is 8.07. The van der Waals surface area contributed by atoms with E-state index < -0.39 is 0 Å². The predicted molar refractivity (Wildman–Crippen MR) is 79.1 cm³/mol. The predicted octanol–water partition coefficient (Wildman–Crippen LogP) is 4.49. The zero-order valence-electron chi connectivity index (χ0n) is 11.3. The van der Waals surface area contributed by atoms with Gasteiger partial charge in [0.2, 0.25) is 0 Å². The maximum absolute atomic E-state index is 3.13. The summed E-state index contributed by atoms with van der Waals surface area (Å²) in [4.78, 5) is 0. The molecule has 0 fully saturated rings. The fourth-order valence-corrected chi connectivity index (χ4v) is 1.36. The molecule has 0 N–H and O–H groups in total. The van der Waals surface area contributed by atoms with Crippen molar-refractivity contribution in [2.45, 2.75) is 39.5 Å². The van der Waals surface area contributed by atoms with Crippen molar-refractivity contribution in [3.63, 3.8) is 0 Å². The number of aryl methyl sites for hydroxylation is 1. The molecule has 18 heavy (non-hydrogen) atoms. The molecule has 0 heterocycles. The Labute approximate surface area is 111 Å². The molecule has 1 aromatic rings. The SMILES string of the molecule is CCCCC#C/C=C\CC#Cc1ccc(C)cc1. The third kappa shape index (κ3) is 6.62. The lowest BCUT2D eigenvalue weighted by atomic mass is 10.1. The minimum absolute atomic E-state index is 0.760. The highest BCUT2D eigenvalue weighted by Gasteiger charge is 1.84. The first-order valence-electron chi connectivity index (χ1n) is 6.52. The molecule has 0 aliphatic rings. The molecule has 1 aromatic carbocycles. The van der Waals surface area contributed by atoms with Gasteiger partial charge in [0, 0.05) is 18.4 Å². The molecular formula is C18H20. The van der Waals surface area contributed by atoms with Crippen LogP contribution in [0.5, 0.6) is 0 Å². The van der Waals surface area contributed by atoms with Crippen molar-refractivity contribution >= 4 is 0 Å². The normalized spacial score (nSPS) is 9.44. The highest BCUT2D eigenvalue weighted by Crippen LogP contribution is 2.00. The summed E-state index contributed by atoms with van der Waals surface area (Å²) in [6, 6.07) is 8.27. The zero-order valence-corrected chi connectivity index (χ0v) is 11.3. The molecule has 0 aromatic heterocycles. The number of hydrogen-bond acceptors (Lipinski definition) is 0. The van der Waals surface area contributed by atoms with Gasteiger partial charge in [-0.15, -0.1) is 0 Å². The molecule has 0 saturated heterocycles. The van der Waals surface area contributed by atoms with Crippen LogP contribution in [0.25, 0.3) is 0 Å². The molecule has 1 rings (SSSR count). The van der Waals surface area contributed by atoms with Crippen molar-refractivity contribution in [2.75, 3.05) is 0 Å². The van der Waals surface area contributed by atoms with Gasteiger partial charge in [-0.05, 0) is 31.6 Å². The van der Waals surface area contributed by atoms with E-state index in [-0.39, 0.29) is 0 Å². The molecule has 0 amide bonds. The van der Waals surface area contributed by atoms with Gasteiger partial charge >= 0.3 is 0 Å². The van der Waals surface area contributed by atoms with Gasteiger partial charge in [0.05, 0.1) is 0 Å². The van der Waals surface area contributed by atoms with Crippen molar-refractivity contribution < 1.29 is 0 Å². The van der Waals surface area contributed by atoms with Crippen LogP contribution in [0.1, 0.15) is 43.7 Å². The molecular weight excluding hydrogens is 216 g/mol. The van der Waals surface area contributed by atoms with Crippen molar-refractivity contribution in [3.8, 4) is 23.7 Å². The quantitative estimate of drug-likeness (QED) is 0.536. The van der Waals surface area contributed by atoms with E-state index in [0.29, 0.717) is 0 Å². The third-order valence-electron chi connectivity index (χ3n) is 2.46. The Morgan fingerprint density at radius 1 is 1.11 bits per heavy atom. The van der Waals surface area contributed by atoms with E-state index in [0.717, 1.165) is 18.4 Å². The highest BCUT2D eigenvalue weighted by atomic mass is 13.9. The van der Waals surface area contributed by atoms with Crippen LogP contribution in [0.2, 0.25) is 0 Å². The largest absolute Gasteiger partial charge is 0.0985 e. The maximum atomic E-state index is 3.13. The minimum Gasteiger partial charge on any atom is -0.0985 e. The molecule has 0 aliphatic heterocycles. The summed E-state index contributed by atoms with van der Waals surface area (Å²) >= 11 is 0. The topological polar surface area (TPSA) is 0 Å². The van der Waals surface area contributed by atoms with Crippen LogP contribution < -0.4 is 0 Å². The van der Waals surface area contributed by atoms with Gasteiger partial charge in [-0.2, -0.15) is 0 Å². The van der Waals surface area contributed by atoms with Crippen LogP contribution in [-0.4, -0.2) is 0 Å². The Bertz CT molecular complexity index is 481. The molecule has 0 bridgehead atoms. The molecule has 0 atom stereocenters. The van der Waals surface area contributed by atoms with E-state index in [9.17, 15) is 0 Å². The van der Waals surface area contributed by atoms with Gasteiger partial charge in [0.1, 0.15) is 0 Å². The van der Waals surface area contributed by atoms with Gasteiger partial charge in [-0.1, -0.05) is 60.8 Å². The lowest BCUT2D eigenvalue weighted by Gasteiger charge is -1.90. The molecule has 0 nitrogen and oxygen atoms in total. The average molecular weight is 236 g/mol. The van der Waals surface area contributed by atoms with Crippen LogP contribution in [0, 0.1) is 30.6 Å². The van der Waals surface area contributed by atoms with Crippen LogP contribution in [-0.2, 0) is 0 Å². The van der Waals surface area contributed by atoms with Crippen molar-refractivity contribution in [1.82, 2.24) is 0 Å². The minimum atomic E-state index is 0.760. The van der Waals surface area contributed by atoms with Crippen LogP contribution >= 0.6 is 0 Å². The number of benzene rings is 1. The van der Waals surface area contributed by atoms with Gasteiger partial charge < -0.3 is 0 Å². The summed E-state index contributed by atoms with van der Waals surface area (Å²) in [7, 11) is 0. The number of unbranched alkanes of at least 4 members (excludes halogenated alkanes) is 2. The number of allylic oxidation sites excluding steroid dienone is 2. The Morgan fingerprint density at radius 2 is 1.89 bits per heavy atom. The Morgan fingerprint density at radius 3 is 2.61 bits per heavy atom. The van der Waals surface area contributed by atoms with Crippen LogP contribution in [0.3, 0.4) is 0 Å². The number of hydrogen-bond donors (Lipinski definition) is 0. The molecule has 0 unspecified atom stereocenters. The smallest absolute Gasteiger partial charge is 0.0282 e. The first kappa shape index (κ1) is 14.1. The second kappa shape index (κ2) is 9.15. The Hall–Kier alpha value is -1.92. The lowest BCUT2D eigenvalue weighted by Crippen LogP contribution is -1.74. The van der Waals surface area contributed by atoms with E-state index in [1.54, 1.807) is 0 Å². The van der Waals surface area contributed by atoms with E-state index in [4.69, 9.17) is 0 Å². The van der Waals surface area contributed by atoms with E-state index in [1.165, 1.54) is 18.4 Å². The van der Waals surface area contributed by atoms with Gasteiger partial charge in [0.25, 0.3) is 0 Å². The summed E-state index contributed by atoms with van der Waals surface area (Å²) in [5.41, 5.74) is 2.34. The lowest BCUT2D eigenvalue weighted by molar-refractivity contribution is 0.828. The maximum Gasteiger partial charge on any atom is 0.0282 e. The van der Waals surface area contributed by atoms with Crippen molar-refractivity contribution in [1.29, 1.82) is 0 Å². The molecule has 0 radical (unpaired) electrons. The van der Waals surface area contributed by atoms with Gasteiger partial charge in [-0.3, -0.25) is 0 Å². The Balaban J connectivity index is 2.31. The van der Waals surface area contributed by atoms with E-state index in [1.807, 2.05) is 12.2 Å². The third-order valence-corrected chi connectivity index (χ3v) is 2.46. The van der Waals surface area contributed by atoms with Gasteiger partial charge in [0.15, 0.2) is 0 Å².